The van der Waals surface area contributed by atoms with Gasteiger partial charge in [0.15, 0.2) is 5.13 Å². The molecule has 1 N–H and O–H groups in total. The Morgan fingerprint density at radius 2 is 1.89 bits per heavy atom. The molecular weight excluding hydrogens is 375 g/mol. The van der Waals surface area contributed by atoms with E-state index < -0.39 is 17.6 Å². The molecule has 1 heterocycles. The van der Waals surface area contributed by atoms with Crippen LogP contribution in [0.25, 0.3) is 10.2 Å². The minimum Gasteiger partial charge on any atom is -0.342 e. The number of likely N-dealkylation sites (N-methyl/N-ethyl adjacent to an activating group) is 1. The molecule has 0 aliphatic rings. The zero-order valence-electron chi connectivity index (χ0n) is 15.0. The first-order chi connectivity index (χ1) is 12.6. The maximum Gasteiger partial charge on any atom is 0.416 e. The second-order valence-corrected chi connectivity index (χ2v) is 7.33. The van der Waals surface area contributed by atoms with Crippen molar-refractivity contribution >= 4 is 38.3 Å². The van der Waals surface area contributed by atoms with Gasteiger partial charge in [0.2, 0.25) is 5.91 Å². The summed E-state index contributed by atoms with van der Waals surface area (Å²) in [6.07, 6.45) is -4.45. The fourth-order valence-corrected chi connectivity index (χ4v) is 3.74. The average molecular weight is 393 g/mol. The number of amides is 1. The molecule has 0 saturated heterocycles. The standard InChI is InChI=1S/C19H18F3N3OS/c1-11-7-8-12(2)17-16(11)24-18(27-17)25(3)10-15(26)23-14-6-4-5-13(9-14)19(20,21)22/h4-9H,10H2,1-3H3,(H,23,26). The lowest BCUT2D eigenvalue weighted by molar-refractivity contribution is -0.137. The second-order valence-electron chi connectivity index (χ2n) is 6.36. The molecule has 1 aromatic heterocycles. The van der Waals surface area contributed by atoms with Gasteiger partial charge in [0, 0.05) is 12.7 Å². The number of nitrogens with zero attached hydrogens (tertiary/aromatic N) is 2. The number of alkyl halides is 3. The molecule has 0 radical (unpaired) electrons. The van der Waals surface area contributed by atoms with Crippen LogP contribution in [0.5, 0.6) is 0 Å². The van der Waals surface area contributed by atoms with Gasteiger partial charge in [0.25, 0.3) is 0 Å². The third kappa shape index (κ3) is 4.21. The number of aryl methyl sites for hydroxylation is 2. The number of benzene rings is 2. The molecular formula is C19H18F3N3OS. The van der Waals surface area contributed by atoms with Gasteiger partial charge in [-0.1, -0.05) is 29.5 Å². The van der Waals surface area contributed by atoms with Crippen LogP contribution in [0.15, 0.2) is 36.4 Å². The van der Waals surface area contributed by atoms with Crippen molar-refractivity contribution < 1.29 is 18.0 Å². The van der Waals surface area contributed by atoms with Crippen LogP contribution < -0.4 is 10.2 Å². The van der Waals surface area contributed by atoms with Crippen molar-refractivity contribution in [3.63, 3.8) is 0 Å². The van der Waals surface area contributed by atoms with Gasteiger partial charge in [-0.2, -0.15) is 13.2 Å². The van der Waals surface area contributed by atoms with Crippen LogP contribution in [0.2, 0.25) is 0 Å². The van der Waals surface area contributed by atoms with Gasteiger partial charge in [-0.15, -0.1) is 0 Å². The first kappa shape index (κ1) is 19.2. The highest BCUT2D eigenvalue weighted by Crippen LogP contribution is 2.33. The fourth-order valence-electron chi connectivity index (χ4n) is 2.67. The highest BCUT2D eigenvalue weighted by atomic mass is 32.1. The summed E-state index contributed by atoms with van der Waals surface area (Å²) in [6, 6.07) is 8.61. The second kappa shape index (κ2) is 7.19. The molecule has 0 spiro atoms. The molecule has 0 aliphatic heterocycles. The van der Waals surface area contributed by atoms with Crippen LogP contribution in [-0.2, 0) is 11.0 Å². The summed E-state index contributed by atoms with van der Waals surface area (Å²) in [6.45, 7) is 3.96. The van der Waals surface area contributed by atoms with Gasteiger partial charge in [-0.05, 0) is 43.2 Å². The van der Waals surface area contributed by atoms with Gasteiger partial charge in [0.1, 0.15) is 0 Å². The lowest BCUT2D eigenvalue weighted by atomic mass is 10.1. The zero-order valence-corrected chi connectivity index (χ0v) is 15.8. The molecule has 4 nitrogen and oxygen atoms in total. The molecule has 0 fully saturated rings. The van der Waals surface area contributed by atoms with E-state index in [4.69, 9.17) is 0 Å². The quantitative estimate of drug-likeness (QED) is 0.678. The number of nitrogens with one attached hydrogen (secondary N) is 1. The summed E-state index contributed by atoms with van der Waals surface area (Å²) < 4.78 is 39.4. The van der Waals surface area contributed by atoms with Gasteiger partial charge >= 0.3 is 6.18 Å². The number of hydrogen-bond acceptors (Lipinski definition) is 4. The highest BCUT2D eigenvalue weighted by molar-refractivity contribution is 7.22. The average Bonchev–Trinajstić information content (AvgIpc) is 3.04. The summed E-state index contributed by atoms with van der Waals surface area (Å²) in [5.41, 5.74) is 2.38. The Kier molecular flexibility index (Phi) is 5.10. The Hall–Kier alpha value is -2.61. The fraction of sp³-hybridized carbons (Fsp3) is 0.263. The lowest BCUT2D eigenvalue weighted by Crippen LogP contribution is -2.30. The van der Waals surface area contributed by atoms with Gasteiger partial charge in [-0.25, -0.2) is 4.98 Å². The Balaban J connectivity index is 1.73. The Morgan fingerprint density at radius 3 is 2.56 bits per heavy atom. The van der Waals surface area contributed by atoms with Crippen LogP contribution in [0.3, 0.4) is 0 Å². The normalized spacial score (nSPS) is 11.6. The van der Waals surface area contributed by atoms with Crippen LogP contribution in [-0.4, -0.2) is 24.5 Å². The van der Waals surface area contributed by atoms with E-state index in [1.54, 1.807) is 11.9 Å². The number of fused-ring (bicyclic) bond motifs is 1. The van der Waals surface area contributed by atoms with Gasteiger partial charge in [-0.3, -0.25) is 4.79 Å². The SMILES string of the molecule is Cc1ccc(C)c2sc(N(C)CC(=O)Nc3cccc(C(F)(F)F)c3)nc12. The molecule has 2 aromatic carbocycles. The number of carbonyl (C=O) groups is 1. The van der Waals surface area contributed by atoms with Crippen molar-refractivity contribution in [2.24, 2.45) is 0 Å². The topological polar surface area (TPSA) is 45.2 Å². The Labute approximate surface area is 158 Å². The molecule has 0 bridgehead atoms. The first-order valence-corrected chi connectivity index (χ1v) is 9.02. The van der Waals surface area contributed by atoms with E-state index in [0.717, 1.165) is 33.5 Å². The maximum atomic E-state index is 12.8. The number of thiazole rings is 1. The molecule has 0 unspecified atom stereocenters. The molecule has 27 heavy (non-hydrogen) atoms. The molecule has 0 aliphatic carbocycles. The number of anilines is 2. The van der Waals surface area contributed by atoms with Crippen LogP contribution in [0.1, 0.15) is 16.7 Å². The highest BCUT2D eigenvalue weighted by Gasteiger charge is 2.30. The van der Waals surface area contributed by atoms with E-state index in [-0.39, 0.29) is 12.2 Å². The minimum atomic E-state index is -4.45. The number of hydrogen-bond donors (Lipinski definition) is 1. The van der Waals surface area contributed by atoms with E-state index in [9.17, 15) is 18.0 Å². The van der Waals surface area contributed by atoms with Crippen molar-refractivity contribution in [2.75, 3.05) is 23.8 Å². The zero-order chi connectivity index (χ0) is 19.8. The number of halogens is 3. The van der Waals surface area contributed by atoms with E-state index in [0.29, 0.717) is 5.13 Å². The molecule has 142 valence electrons. The Morgan fingerprint density at radius 1 is 1.19 bits per heavy atom. The Bertz CT molecular complexity index is 959. The summed E-state index contributed by atoms with van der Waals surface area (Å²) in [7, 11) is 1.73. The van der Waals surface area contributed by atoms with Crippen molar-refractivity contribution in [1.29, 1.82) is 0 Å². The molecule has 3 aromatic rings. The lowest BCUT2D eigenvalue weighted by Gasteiger charge is -2.15. The third-order valence-corrected chi connectivity index (χ3v) is 5.42. The third-order valence-electron chi connectivity index (χ3n) is 4.11. The van der Waals surface area contributed by atoms with E-state index in [1.807, 2.05) is 26.0 Å². The largest absolute Gasteiger partial charge is 0.416 e. The predicted octanol–water partition coefficient (Wildman–Crippen LogP) is 5.01. The first-order valence-electron chi connectivity index (χ1n) is 8.20. The number of aromatic nitrogens is 1. The predicted molar refractivity (Wildman–Crippen MR) is 102 cm³/mol. The van der Waals surface area contributed by atoms with Gasteiger partial charge < -0.3 is 10.2 Å². The smallest absolute Gasteiger partial charge is 0.342 e. The summed E-state index contributed by atoms with van der Waals surface area (Å²) >= 11 is 1.49. The summed E-state index contributed by atoms with van der Waals surface area (Å²) in [4.78, 5) is 18.5. The minimum absolute atomic E-state index is 0.0197. The monoisotopic (exact) mass is 393 g/mol. The van der Waals surface area contributed by atoms with Crippen molar-refractivity contribution in [2.45, 2.75) is 20.0 Å². The summed E-state index contributed by atoms with van der Waals surface area (Å²) in [5, 5.41) is 3.19. The van der Waals surface area contributed by atoms with Gasteiger partial charge in [0.05, 0.1) is 22.3 Å². The number of carbonyl (C=O) groups excluding carboxylic acids is 1. The van der Waals surface area contributed by atoms with Crippen LogP contribution in [0.4, 0.5) is 24.0 Å². The molecule has 8 heteroatoms. The van der Waals surface area contributed by atoms with E-state index >= 15 is 0 Å². The van der Waals surface area contributed by atoms with Crippen molar-refractivity contribution in [1.82, 2.24) is 4.98 Å². The van der Waals surface area contributed by atoms with E-state index in [2.05, 4.69) is 10.3 Å². The molecule has 0 atom stereocenters. The van der Waals surface area contributed by atoms with Crippen LogP contribution in [0, 0.1) is 13.8 Å². The maximum absolute atomic E-state index is 12.8. The van der Waals surface area contributed by atoms with Crippen molar-refractivity contribution in [3.05, 3.63) is 53.1 Å². The molecule has 0 saturated carbocycles. The molecule has 1 amide bonds. The van der Waals surface area contributed by atoms with Crippen molar-refractivity contribution in [3.8, 4) is 0 Å². The summed E-state index contributed by atoms with van der Waals surface area (Å²) in [5.74, 6) is -0.412. The van der Waals surface area contributed by atoms with Crippen LogP contribution >= 0.6 is 11.3 Å². The molecule has 3 rings (SSSR count). The van der Waals surface area contributed by atoms with E-state index in [1.165, 1.54) is 23.5 Å². The number of rotatable bonds is 4.